The van der Waals surface area contributed by atoms with E-state index in [4.69, 9.17) is 0 Å². The lowest BCUT2D eigenvalue weighted by Crippen LogP contribution is -2.31. The Hall–Kier alpha value is -1.51. The quantitative estimate of drug-likeness (QED) is 0.728. The predicted octanol–water partition coefficient (Wildman–Crippen LogP) is 2.00. The van der Waals surface area contributed by atoms with E-state index in [2.05, 4.69) is 34.8 Å². The summed E-state index contributed by atoms with van der Waals surface area (Å²) in [4.78, 5) is 13.4. The maximum Gasteiger partial charge on any atom is 0.307 e. The second-order valence-electron chi connectivity index (χ2n) is 4.20. The molecule has 3 nitrogen and oxygen atoms in total. The molecule has 1 atom stereocenters. The first-order valence-corrected chi connectivity index (χ1v) is 5.63. The number of ether oxygens (including phenoxy) is 1. The van der Waals surface area contributed by atoms with Crippen molar-refractivity contribution in [1.29, 1.82) is 0 Å². The second kappa shape index (κ2) is 4.56. The maximum atomic E-state index is 11.1. The number of carbonyl (C=O) groups excluding carboxylic acids is 1. The lowest BCUT2D eigenvalue weighted by molar-refractivity contribution is -0.140. The van der Waals surface area contributed by atoms with Gasteiger partial charge < -0.3 is 9.64 Å². The Morgan fingerprint density at radius 2 is 2.25 bits per heavy atom. The van der Waals surface area contributed by atoms with Crippen LogP contribution in [-0.4, -0.2) is 25.7 Å². The number of hydrogen-bond donors (Lipinski definition) is 0. The fourth-order valence-electron chi connectivity index (χ4n) is 2.28. The monoisotopic (exact) mass is 219 g/mol. The van der Waals surface area contributed by atoms with Gasteiger partial charge in [0.15, 0.2) is 0 Å². The van der Waals surface area contributed by atoms with Gasteiger partial charge in [-0.05, 0) is 25.0 Å². The molecular formula is C13H17NO2. The second-order valence-corrected chi connectivity index (χ2v) is 4.20. The normalized spacial score (nSPS) is 18.4. The summed E-state index contributed by atoms with van der Waals surface area (Å²) in [5.74, 6) is -0.142. The number of carbonyl (C=O) groups is 1. The Balaban J connectivity index is 2.07. The van der Waals surface area contributed by atoms with E-state index >= 15 is 0 Å². The molecule has 86 valence electrons. The Kier molecular flexibility index (Phi) is 3.13. The number of nitrogens with zero attached hydrogens (tertiary/aromatic N) is 1. The summed E-state index contributed by atoms with van der Waals surface area (Å²) in [7, 11) is 1.43. The highest BCUT2D eigenvalue weighted by atomic mass is 16.5. The number of methoxy groups -OCH3 is 1. The molecule has 1 aliphatic rings. The van der Waals surface area contributed by atoms with Crippen molar-refractivity contribution in [2.45, 2.75) is 25.8 Å². The minimum atomic E-state index is -0.142. The molecule has 1 aromatic rings. The number of fused-ring (bicyclic) bond motifs is 1. The van der Waals surface area contributed by atoms with Crippen molar-refractivity contribution in [3.63, 3.8) is 0 Å². The summed E-state index contributed by atoms with van der Waals surface area (Å²) in [5, 5.41) is 0. The zero-order valence-corrected chi connectivity index (χ0v) is 9.77. The fourth-order valence-corrected chi connectivity index (χ4v) is 2.28. The minimum Gasteiger partial charge on any atom is -0.469 e. The average Bonchev–Trinajstić information content (AvgIpc) is 2.62. The van der Waals surface area contributed by atoms with Gasteiger partial charge in [0.1, 0.15) is 0 Å². The molecule has 2 rings (SSSR count). The maximum absolute atomic E-state index is 11.1. The van der Waals surface area contributed by atoms with Gasteiger partial charge in [-0.15, -0.1) is 0 Å². The Labute approximate surface area is 96.0 Å². The van der Waals surface area contributed by atoms with E-state index in [1.165, 1.54) is 18.4 Å². The molecule has 0 amide bonds. The predicted molar refractivity (Wildman–Crippen MR) is 63.6 cm³/mol. The third-order valence-corrected chi connectivity index (χ3v) is 3.13. The average molecular weight is 219 g/mol. The van der Waals surface area contributed by atoms with Crippen molar-refractivity contribution in [2.24, 2.45) is 0 Å². The van der Waals surface area contributed by atoms with Gasteiger partial charge in [0.25, 0.3) is 0 Å². The summed E-state index contributed by atoms with van der Waals surface area (Å²) in [6.07, 6.45) is 1.52. The van der Waals surface area contributed by atoms with Crippen molar-refractivity contribution in [3.05, 3.63) is 29.8 Å². The van der Waals surface area contributed by atoms with Crippen molar-refractivity contribution in [3.8, 4) is 0 Å². The van der Waals surface area contributed by atoms with Crippen molar-refractivity contribution >= 4 is 11.7 Å². The highest BCUT2D eigenvalue weighted by Crippen LogP contribution is 2.31. The van der Waals surface area contributed by atoms with Crippen molar-refractivity contribution in [2.75, 3.05) is 18.6 Å². The minimum absolute atomic E-state index is 0.142. The molecule has 0 radical (unpaired) electrons. The molecule has 0 N–H and O–H groups in total. The van der Waals surface area contributed by atoms with E-state index in [-0.39, 0.29) is 5.97 Å². The zero-order valence-electron chi connectivity index (χ0n) is 9.77. The van der Waals surface area contributed by atoms with Crippen LogP contribution in [0.4, 0.5) is 5.69 Å². The van der Waals surface area contributed by atoms with Crippen LogP contribution in [-0.2, 0) is 16.0 Å². The lowest BCUT2D eigenvalue weighted by atomic mass is 10.1. The smallest absolute Gasteiger partial charge is 0.307 e. The molecule has 1 aromatic carbocycles. The first-order chi connectivity index (χ1) is 7.72. The summed E-state index contributed by atoms with van der Waals surface area (Å²) in [5.41, 5.74) is 2.64. The summed E-state index contributed by atoms with van der Waals surface area (Å²) < 4.78 is 4.67. The number of benzene rings is 1. The molecular weight excluding hydrogens is 202 g/mol. The van der Waals surface area contributed by atoms with Gasteiger partial charge in [0, 0.05) is 18.3 Å². The van der Waals surface area contributed by atoms with Crippen LogP contribution in [0.5, 0.6) is 0 Å². The third kappa shape index (κ3) is 2.03. The highest BCUT2D eigenvalue weighted by molar-refractivity contribution is 5.70. The number of para-hydroxylation sites is 1. The number of hydrogen-bond acceptors (Lipinski definition) is 3. The van der Waals surface area contributed by atoms with E-state index in [1.807, 2.05) is 6.07 Å². The van der Waals surface area contributed by atoms with Crippen LogP contribution in [0.25, 0.3) is 0 Å². The Bertz CT molecular complexity index is 389. The van der Waals surface area contributed by atoms with Crippen LogP contribution >= 0.6 is 0 Å². The molecule has 0 aromatic heterocycles. The summed E-state index contributed by atoms with van der Waals surface area (Å²) in [6, 6.07) is 8.86. The van der Waals surface area contributed by atoms with Gasteiger partial charge >= 0.3 is 5.97 Å². The van der Waals surface area contributed by atoms with E-state index < -0.39 is 0 Å². The summed E-state index contributed by atoms with van der Waals surface area (Å²) in [6.45, 7) is 2.93. The largest absolute Gasteiger partial charge is 0.469 e. The van der Waals surface area contributed by atoms with Gasteiger partial charge in [-0.25, -0.2) is 0 Å². The highest BCUT2D eigenvalue weighted by Gasteiger charge is 2.25. The topological polar surface area (TPSA) is 29.5 Å². The molecule has 0 saturated carbocycles. The lowest BCUT2D eigenvalue weighted by Gasteiger charge is -2.24. The van der Waals surface area contributed by atoms with E-state index in [0.29, 0.717) is 12.5 Å². The molecule has 1 heterocycles. The molecule has 0 fully saturated rings. The molecule has 0 bridgehead atoms. The van der Waals surface area contributed by atoms with E-state index in [1.54, 1.807) is 0 Å². The summed E-state index contributed by atoms with van der Waals surface area (Å²) >= 11 is 0. The van der Waals surface area contributed by atoms with E-state index in [9.17, 15) is 4.79 Å². The van der Waals surface area contributed by atoms with Crippen LogP contribution in [0.1, 0.15) is 18.9 Å². The first kappa shape index (κ1) is 11.0. The molecule has 16 heavy (non-hydrogen) atoms. The van der Waals surface area contributed by atoms with Crippen LogP contribution in [0.15, 0.2) is 24.3 Å². The Morgan fingerprint density at radius 1 is 1.50 bits per heavy atom. The van der Waals surface area contributed by atoms with Crippen LogP contribution in [0, 0.1) is 0 Å². The molecule has 0 spiro atoms. The number of anilines is 1. The molecule has 0 saturated heterocycles. The zero-order chi connectivity index (χ0) is 11.5. The Morgan fingerprint density at radius 3 is 3.00 bits per heavy atom. The van der Waals surface area contributed by atoms with Crippen molar-refractivity contribution < 1.29 is 9.53 Å². The van der Waals surface area contributed by atoms with Gasteiger partial charge in [-0.3, -0.25) is 4.79 Å². The van der Waals surface area contributed by atoms with Gasteiger partial charge in [-0.1, -0.05) is 18.2 Å². The fraction of sp³-hybridized carbons (Fsp3) is 0.462. The number of rotatable bonds is 3. The van der Waals surface area contributed by atoms with Crippen LogP contribution in [0.3, 0.4) is 0 Å². The number of esters is 1. The van der Waals surface area contributed by atoms with E-state index in [0.717, 1.165) is 13.0 Å². The van der Waals surface area contributed by atoms with Gasteiger partial charge in [-0.2, -0.15) is 0 Å². The molecule has 0 aliphatic carbocycles. The molecule has 1 unspecified atom stereocenters. The molecule has 3 heteroatoms. The first-order valence-electron chi connectivity index (χ1n) is 5.63. The SMILES string of the molecule is COC(=O)CCN1c2ccccc2CC1C. The standard InChI is InChI=1S/C13H17NO2/c1-10-9-11-5-3-4-6-12(11)14(10)8-7-13(15)16-2/h3-6,10H,7-9H2,1-2H3. The molecule has 1 aliphatic heterocycles. The van der Waals surface area contributed by atoms with Crippen molar-refractivity contribution in [1.82, 2.24) is 0 Å². The van der Waals surface area contributed by atoms with Crippen LogP contribution < -0.4 is 4.90 Å². The third-order valence-electron chi connectivity index (χ3n) is 3.13. The van der Waals surface area contributed by atoms with Crippen LogP contribution in [0.2, 0.25) is 0 Å². The van der Waals surface area contributed by atoms with Gasteiger partial charge in [0.2, 0.25) is 0 Å². The van der Waals surface area contributed by atoms with Gasteiger partial charge in [0.05, 0.1) is 13.5 Å².